The fourth-order valence-corrected chi connectivity index (χ4v) is 2.37. The van der Waals surface area contributed by atoms with Gasteiger partial charge in [-0.05, 0) is 30.3 Å². The summed E-state index contributed by atoms with van der Waals surface area (Å²) in [6.45, 7) is 1.46. The van der Waals surface area contributed by atoms with Crippen molar-refractivity contribution in [3.05, 3.63) is 54.1 Å². The highest BCUT2D eigenvalue weighted by Gasteiger charge is 2.29. The van der Waals surface area contributed by atoms with E-state index >= 15 is 0 Å². The van der Waals surface area contributed by atoms with Crippen LogP contribution in [0.5, 0.6) is 0 Å². The first-order valence-corrected chi connectivity index (χ1v) is 6.67. The number of nitrogens with one attached hydrogen (secondary N) is 3. The van der Waals surface area contributed by atoms with E-state index in [1.807, 2.05) is 36.4 Å². The molecule has 1 aliphatic rings. The summed E-state index contributed by atoms with van der Waals surface area (Å²) < 4.78 is 0. The molecule has 0 spiro atoms. The second-order valence-electron chi connectivity index (χ2n) is 4.91. The maximum absolute atomic E-state index is 12.0. The van der Waals surface area contributed by atoms with Crippen molar-refractivity contribution >= 4 is 28.9 Å². The summed E-state index contributed by atoms with van der Waals surface area (Å²) >= 11 is 0. The van der Waals surface area contributed by atoms with Crippen molar-refractivity contribution in [3.63, 3.8) is 0 Å². The van der Waals surface area contributed by atoms with Crippen LogP contribution in [0, 0.1) is 0 Å². The summed E-state index contributed by atoms with van der Waals surface area (Å²) in [6.07, 6.45) is 0. The van der Waals surface area contributed by atoms with Gasteiger partial charge in [0.1, 0.15) is 6.04 Å². The van der Waals surface area contributed by atoms with Gasteiger partial charge in [0.25, 0.3) is 5.91 Å². The molecule has 2 amide bonds. The van der Waals surface area contributed by atoms with Gasteiger partial charge in [0.15, 0.2) is 0 Å². The maximum Gasteiger partial charge on any atom is 0.251 e. The van der Waals surface area contributed by atoms with E-state index in [2.05, 4.69) is 16.0 Å². The topological polar surface area (TPSA) is 70.2 Å². The molecule has 5 heteroatoms. The Balaban J connectivity index is 1.78. The van der Waals surface area contributed by atoms with E-state index in [0.29, 0.717) is 0 Å². The lowest BCUT2D eigenvalue weighted by molar-refractivity contribution is -0.116. The molecule has 1 aliphatic heterocycles. The van der Waals surface area contributed by atoms with Gasteiger partial charge in [0.05, 0.1) is 0 Å². The molecule has 0 bridgehead atoms. The largest absolute Gasteiger partial charge is 0.370 e. The van der Waals surface area contributed by atoms with Crippen LogP contribution in [0.4, 0.5) is 17.1 Å². The van der Waals surface area contributed by atoms with Crippen LogP contribution in [0.15, 0.2) is 48.5 Å². The summed E-state index contributed by atoms with van der Waals surface area (Å²) in [5, 5.41) is 8.75. The number of anilines is 3. The van der Waals surface area contributed by atoms with Gasteiger partial charge < -0.3 is 16.0 Å². The average molecular weight is 281 g/mol. The number of fused-ring (bicyclic) bond motifs is 1. The van der Waals surface area contributed by atoms with Crippen molar-refractivity contribution in [1.82, 2.24) is 0 Å². The molecular weight excluding hydrogens is 266 g/mol. The molecule has 1 atom stereocenters. The Hall–Kier alpha value is -2.82. The van der Waals surface area contributed by atoms with E-state index in [1.54, 1.807) is 12.1 Å². The van der Waals surface area contributed by atoms with Crippen molar-refractivity contribution in [1.29, 1.82) is 0 Å². The number of hydrogen-bond acceptors (Lipinski definition) is 3. The van der Waals surface area contributed by atoms with Crippen molar-refractivity contribution in [2.24, 2.45) is 0 Å². The number of carbonyl (C=O) groups excluding carboxylic acids is 2. The number of rotatable bonds is 3. The molecular formula is C16H15N3O2. The smallest absolute Gasteiger partial charge is 0.251 e. The Bertz CT molecular complexity index is 695. The van der Waals surface area contributed by atoms with Gasteiger partial charge in [-0.3, -0.25) is 9.59 Å². The standard InChI is InChI=1S/C16H15N3O2/c1-10(20)17-11-6-8-12(9-7-11)18-15-13-4-2-3-5-14(13)19-16(15)21/h2-9,15,18H,1H3,(H,17,20)(H,19,21). The van der Waals surface area contributed by atoms with Gasteiger partial charge in [-0.25, -0.2) is 0 Å². The highest BCUT2D eigenvalue weighted by atomic mass is 16.2. The van der Waals surface area contributed by atoms with Gasteiger partial charge in [0, 0.05) is 29.5 Å². The molecule has 0 aromatic heterocycles. The summed E-state index contributed by atoms with van der Waals surface area (Å²) in [6, 6.07) is 14.5. The van der Waals surface area contributed by atoms with Gasteiger partial charge in [-0.15, -0.1) is 0 Å². The molecule has 106 valence electrons. The number of amides is 2. The fraction of sp³-hybridized carbons (Fsp3) is 0.125. The van der Waals surface area contributed by atoms with E-state index in [1.165, 1.54) is 6.92 Å². The van der Waals surface area contributed by atoms with Crippen molar-refractivity contribution in [2.45, 2.75) is 13.0 Å². The zero-order chi connectivity index (χ0) is 14.8. The molecule has 0 aliphatic carbocycles. The third-order valence-corrected chi connectivity index (χ3v) is 3.31. The quantitative estimate of drug-likeness (QED) is 0.810. The number of hydrogen-bond donors (Lipinski definition) is 3. The molecule has 3 N–H and O–H groups in total. The molecule has 21 heavy (non-hydrogen) atoms. The van der Waals surface area contributed by atoms with Crippen molar-refractivity contribution < 1.29 is 9.59 Å². The van der Waals surface area contributed by atoms with Crippen molar-refractivity contribution in [2.75, 3.05) is 16.0 Å². The summed E-state index contributed by atoms with van der Waals surface area (Å²) in [5.41, 5.74) is 3.33. The van der Waals surface area contributed by atoms with Crippen LogP contribution in [0.25, 0.3) is 0 Å². The summed E-state index contributed by atoms with van der Waals surface area (Å²) in [4.78, 5) is 23.0. The molecule has 2 aromatic rings. The van der Waals surface area contributed by atoms with E-state index in [4.69, 9.17) is 0 Å². The monoisotopic (exact) mass is 281 g/mol. The van der Waals surface area contributed by atoms with Gasteiger partial charge in [-0.1, -0.05) is 18.2 Å². The van der Waals surface area contributed by atoms with E-state index in [-0.39, 0.29) is 11.8 Å². The van der Waals surface area contributed by atoms with Crippen LogP contribution in [0.1, 0.15) is 18.5 Å². The molecule has 2 aromatic carbocycles. The first kappa shape index (κ1) is 13.2. The minimum atomic E-state index is -0.396. The maximum atomic E-state index is 12.0. The SMILES string of the molecule is CC(=O)Nc1ccc(NC2C(=O)Nc3ccccc32)cc1. The third kappa shape index (κ3) is 2.72. The van der Waals surface area contributed by atoms with E-state index in [9.17, 15) is 9.59 Å². The lowest BCUT2D eigenvalue weighted by atomic mass is 10.1. The van der Waals surface area contributed by atoms with Crippen LogP contribution in [0.3, 0.4) is 0 Å². The molecule has 0 saturated heterocycles. The minimum absolute atomic E-state index is 0.0675. The van der Waals surface area contributed by atoms with Crippen LogP contribution in [-0.4, -0.2) is 11.8 Å². The van der Waals surface area contributed by atoms with Crippen LogP contribution in [-0.2, 0) is 9.59 Å². The lowest BCUT2D eigenvalue weighted by Gasteiger charge is -2.13. The van der Waals surface area contributed by atoms with E-state index in [0.717, 1.165) is 22.6 Å². The van der Waals surface area contributed by atoms with Crippen LogP contribution < -0.4 is 16.0 Å². The van der Waals surface area contributed by atoms with Gasteiger partial charge >= 0.3 is 0 Å². The summed E-state index contributed by atoms with van der Waals surface area (Å²) in [7, 11) is 0. The van der Waals surface area contributed by atoms with Crippen LogP contribution in [0.2, 0.25) is 0 Å². The molecule has 1 unspecified atom stereocenters. The Morgan fingerprint density at radius 3 is 2.43 bits per heavy atom. The Morgan fingerprint density at radius 1 is 1.05 bits per heavy atom. The van der Waals surface area contributed by atoms with Gasteiger partial charge in [-0.2, -0.15) is 0 Å². The molecule has 0 fully saturated rings. The highest BCUT2D eigenvalue weighted by Crippen LogP contribution is 2.32. The number of para-hydroxylation sites is 1. The Morgan fingerprint density at radius 2 is 1.71 bits per heavy atom. The minimum Gasteiger partial charge on any atom is -0.370 e. The molecule has 0 saturated carbocycles. The Kier molecular flexibility index (Phi) is 3.31. The zero-order valence-electron chi connectivity index (χ0n) is 11.5. The van der Waals surface area contributed by atoms with E-state index < -0.39 is 6.04 Å². The molecule has 3 rings (SSSR count). The second-order valence-corrected chi connectivity index (χ2v) is 4.91. The predicted octanol–water partition coefficient (Wildman–Crippen LogP) is 2.75. The normalized spacial score (nSPS) is 16.0. The third-order valence-electron chi connectivity index (χ3n) is 3.31. The lowest BCUT2D eigenvalue weighted by Crippen LogP contribution is -2.19. The highest BCUT2D eigenvalue weighted by molar-refractivity contribution is 6.04. The zero-order valence-corrected chi connectivity index (χ0v) is 11.5. The second kappa shape index (κ2) is 5.28. The van der Waals surface area contributed by atoms with Crippen molar-refractivity contribution in [3.8, 4) is 0 Å². The number of benzene rings is 2. The molecule has 1 heterocycles. The van der Waals surface area contributed by atoms with Crippen LogP contribution >= 0.6 is 0 Å². The number of carbonyl (C=O) groups is 2. The summed E-state index contributed by atoms with van der Waals surface area (Å²) in [5.74, 6) is -0.179. The fourth-order valence-electron chi connectivity index (χ4n) is 2.37. The predicted molar refractivity (Wildman–Crippen MR) is 82.2 cm³/mol. The first-order chi connectivity index (χ1) is 10.1. The average Bonchev–Trinajstić information content (AvgIpc) is 2.77. The first-order valence-electron chi connectivity index (χ1n) is 6.67. The Labute approximate surface area is 122 Å². The molecule has 0 radical (unpaired) electrons. The van der Waals surface area contributed by atoms with Gasteiger partial charge in [0.2, 0.25) is 5.91 Å². The molecule has 5 nitrogen and oxygen atoms in total.